The standard InChI is InChI=1S/C65H49N/c1-65(2)63-23-13-12-22-61(63)62-39-37-56(43-64(62)65)66(54-33-28-46(29-34-54)44-14-4-3-5-15-44)55-35-30-47(31-36-55)45-24-26-48(27-25-45)49-32-38-60-53(40-49)42-52-18-8-10-20-58(52)57-19-9-6-16-50(57)41-51-17-7-11-21-59(51)60/h3-40,43H,41-42H2,1-2H3. The fraction of sp³-hybridized carbons (Fsp3) is 0.0769. The van der Waals surface area contributed by atoms with Crippen molar-refractivity contribution in [3.05, 3.63) is 270 Å². The zero-order valence-corrected chi connectivity index (χ0v) is 37.4. The number of benzene rings is 10. The number of hydrogen-bond acceptors (Lipinski definition) is 1. The summed E-state index contributed by atoms with van der Waals surface area (Å²) in [6.07, 6.45) is 1.75. The van der Waals surface area contributed by atoms with Crippen molar-refractivity contribution in [3.63, 3.8) is 0 Å². The zero-order chi connectivity index (χ0) is 44.2. The molecule has 2 aliphatic rings. The third-order valence-electron chi connectivity index (χ3n) is 14.2. The summed E-state index contributed by atoms with van der Waals surface area (Å²) in [7, 11) is 0. The third-order valence-corrected chi connectivity index (χ3v) is 14.2. The Bertz CT molecular complexity index is 3410. The maximum atomic E-state index is 2.43. The van der Waals surface area contributed by atoms with Crippen LogP contribution in [-0.2, 0) is 18.3 Å². The first-order valence-corrected chi connectivity index (χ1v) is 23.2. The second-order valence-corrected chi connectivity index (χ2v) is 18.5. The lowest BCUT2D eigenvalue weighted by Gasteiger charge is -2.28. The van der Waals surface area contributed by atoms with Gasteiger partial charge in [0.05, 0.1) is 0 Å². The van der Waals surface area contributed by atoms with Crippen LogP contribution in [0.15, 0.2) is 237 Å². The molecule has 0 saturated carbocycles. The molecule has 0 heterocycles. The minimum absolute atomic E-state index is 0.0961. The predicted molar refractivity (Wildman–Crippen MR) is 278 cm³/mol. The molecule has 1 heteroatoms. The molecule has 12 rings (SSSR count). The average molecular weight is 844 g/mol. The summed E-state index contributed by atoms with van der Waals surface area (Å²) in [5, 5.41) is 0. The molecule has 0 spiro atoms. The number of rotatable bonds is 6. The third kappa shape index (κ3) is 6.96. The van der Waals surface area contributed by atoms with Gasteiger partial charge in [0, 0.05) is 22.5 Å². The number of hydrogen-bond donors (Lipinski definition) is 0. The van der Waals surface area contributed by atoms with Gasteiger partial charge >= 0.3 is 0 Å². The lowest BCUT2D eigenvalue weighted by atomic mass is 9.82. The molecule has 0 bridgehead atoms. The average Bonchev–Trinajstić information content (AvgIpc) is 3.60. The van der Waals surface area contributed by atoms with E-state index in [-0.39, 0.29) is 5.41 Å². The van der Waals surface area contributed by atoms with Gasteiger partial charge in [-0.25, -0.2) is 0 Å². The summed E-state index contributed by atoms with van der Waals surface area (Å²) < 4.78 is 0. The summed E-state index contributed by atoms with van der Waals surface area (Å²) in [4.78, 5) is 2.40. The summed E-state index contributed by atoms with van der Waals surface area (Å²) in [6, 6.07) is 87.7. The Labute approximate surface area is 389 Å². The van der Waals surface area contributed by atoms with Crippen molar-refractivity contribution < 1.29 is 0 Å². The highest BCUT2D eigenvalue weighted by Crippen LogP contribution is 2.51. The highest BCUT2D eigenvalue weighted by atomic mass is 15.1. The second kappa shape index (κ2) is 16.2. The molecule has 1 nitrogen and oxygen atoms in total. The van der Waals surface area contributed by atoms with E-state index in [1.165, 1.54) is 100 Å². The van der Waals surface area contributed by atoms with Gasteiger partial charge in [-0.15, -0.1) is 0 Å². The van der Waals surface area contributed by atoms with Crippen LogP contribution in [0.2, 0.25) is 0 Å². The van der Waals surface area contributed by atoms with Gasteiger partial charge in [-0.2, -0.15) is 0 Å². The van der Waals surface area contributed by atoms with Crippen LogP contribution in [0.25, 0.3) is 66.8 Å². The van der Waals surface area contributed by atoms with Crippen molar-refractivity contribution in [1.29, 1.82) is 0 Å². The van der Waals surface area contributed by atoms with E-state index in [1.807, 2.05) is 0 Å². The summed E-state index contributed by atoms with van der Waals surface area (Å²) in [6.45, 7) is 4.71. The van der Waals surface area contributed by atoms with E-state index in [2.05, 4.69) is 255 Å². The second-order valence-electron chi connectivity index (χ2n) is 18.5. The Morgan fingerprint density at radius 1 is 0.273 bits per heavy atom. The Kier molecular flexibility index (Phi) is 9.72. The van der Waals surface area contributed by atoms with Crippen molar-refractivity contribution >= 4 is 17.1 Å². The molecule has 2 aliphatic carbocycles. The Balaban J connectivity index is 0.876. The predicted octanol–water partition coefficient (Wildman–Crippen LogP) is 17.3. The van der Waals surface area contributed by atoms with Crippen LogP contribution in [0.1, 0.15) is 47.2 Å². The largest absolute Gasteiger partial charge is 0.310 e. The first-order chi connectivity index (χ1) is 32.5. The highest BCUT2D eigenvalue weighted by molar-refractivity contribution is 5.87. The Morgan fingerprint density at radius 3 is 1.20 bits per heavy atom. The number of nitrogens with zero attached hydrogens (tertiary/aromatic N) is 1. The van der Waals surface area contributed by atoms with Crippen LogP contribution in [0, 0.1) is 0 Å². The number of fused-ring (bicyclic) bond motifs is 9. The van der Waals surface area contributed by atoms with Crippen molar-refractivity contribution in [2.75, 3.05) is 4.90 Å². The van der Waals surface area contributed by atoms with Crippen LogP contribution in [0.4, 0.5) is 17.1 Å². The molecule has 0 N–H and O–H groups in total. The van der Waals surface area contributed by atoms with E-state index in [9.17, 15) is 0 Å². The van der Waals surface area contributed by atoms with Gasteiger partial charge in [0.15, 0.2) is 0 Å². The molecule has 0 atom stereocenters. The van der Waals surface area contributed by atoms with E-state index in [4.69, 9.17) is 0 Å². The molecular formula is C65H49N. The highest BCUT2D eigenvalue weighted by Gasteiger charge is 2.35. The molecule has 10 aromatic rings. The molecule has 0 saturated heterocycles. The molecule has 0 amide bonds. The van der Waals surface area contributed by atoms with E-state index in [1.54, 1.807) is 0 Å². The smallest absolute Gasteiger partial charge is 0.0465 e. The van der Waals surface area contributed by atoms with Gasteiger partial charge in [-0.3, -0.25) is 0 Å². The van der Waals surface area contributed by atoms with Crippen LogP contribution < -0.4 is 4.90 Å². The summed E-state index contributed by atoms with van der Waals surface area (Å²) in [5.74, 6) is 0. The van der Waals surface area contributed by atoms with Crippen LogP contribution in [0.3, 0.4) is 0 Å². The van der Waals surface area contributed by atoms with Gasteiger partial charge in [-0.1, -0.05) is 214 Å². The molecule has 0 aromatic heterocycles. The van der Waals surface area contributed by atoms with Gasteiger partial charge in [0.1, 0.15) is 0 Å². The maximum Gasteiger partial charge on any atom is 0.0465 e. The molecule has 314 valence electrons. The lowest BCUT2D eigenvalue weighted by Crippen LogP contribution is -2.16. The van der Waals surface area contributed by atoms with Crippen molar-refractivity contribution in [3.8, 4) is 66.8 Å². The van der Waals surface area contributed by atoms with E-state index < -0.39 is 0 Å². The summed E-state index contributed by atoms with van der Waals surface area (Å²) in [5.41, 5.74) is 26.7. The zero-order valence-electron chi connectivity index (χ0n) is 37.4. The van der Waals surface area contributed by atoms with Crippen LogP contribution in [-0.4, -0.2) is 0 Å². The maximum absolute atomic E-state index is 2.43. The first kappa shape index (κ1) is 39.6. The van der Waals surface area contributed by atoms with Gasteiger partial charge in [0.2, 0.25) is 0 Å². The molecule has 0 radical (unpaired) electrons. The Morgan fingerprint density at radius 2 is 0.636 bits per heavy atom. The van der Waals surface area contributed by atoms with E-state index in [0.717, 1.165) is 29.9 Å². The van der Waals surface area contributed by atoms with E-state index in [0.29, 0.717) is 0 Å². The minimum atomic E-state index is -0.0961. The molecule has 0 unspecified atom stereocenters. The molecule has 0 aliphatic heterocycles. The summed E-state index contributed by atoms with van der Waals surface area (Å²) >= 11 is 0. The van der Waals surface area contributed by atoms with Gasteiger partial charge in [0.25, 0.3) is 0 Å². The lowest BCUT2D eigenvalue weighted by molar-refractivity contribution is 0.660. The monoisotopic (exact) mass is 843 g/mol. The fourth-order valence-electron chi connectivity index (χ4n) is 10.8. The topological polar surface area (TPSA) is 3.24 Å². The van der Waals surface area contributed by atoms with E-state index >= 15 is 0 Å². The van der Waals surface area contributed by atoms with Crippen LogP contribution >= 0.6 is 0 Å². The SMILES string of the molecule is CC1(C)c2ccccc2-c2ccc(N(c3ccc(-c4ccccc4)cc3)c3ccc(-c4ccc(-c5ccc6c(c5)Cc5ccccc5-c5ccccc5Cc5ccccc5-6)cc4)cc3)cc21. The Hall–Kier alpha value is -8.00. The van der Waals surface area contributed by atoms with Crippen molar-refractivity contribution in [1.82, 2.24) is 0 Å². The quantitative estimate of drug-likeness (QED) is 0.161. The van der Waals surface area contributed by atoms with Crippen LogP contribution in [0.5, 0.6) is 0 Å². The van der Waals surface area contributed by atoms with Gasteiger partial charge in [-0.05, 0) is 149 Å². The first-order valence-electron chi connectivity index (χ1n) is 23.2. The van der Waals surface area contributed by atoms with Crippen molar-refractivity contribution in [2.24, 2.45) is 0 Å². The van der Waals surface area contributed by atoms with Gasteiger partial charge < -0.3 is 4.90 Å². The minimum Gasteiger partial charge on any atom is -0.310 e. The van der Waals surface area contributed by atoms with Crippen molar-refractivity contribution in [2.45, 2.75) is 32.1 Å². The molecule has 0 fully saturated rings. The fourth-order valence-corrected chi connectivity index (χ4v) is 10.8. The molecule has 10 aromatic carbocycles. The normalized spacial score (nSPS) is 13.0. The molecular weight excluding hydrogens is 795 g/mol. The number of anilines is 3. The molecule has 66 heavy (non-hydrogen) atoms.